The molecule has 0 aromatic carbocycles. The van der Waals surface area contributed by atoms with E-state index in [0.717, 1.165) is 0 Å². The molecule has 1 saturated carbocycles. The monoisotopic (exact) mass is 262 g/mol. The van der Waals surface area contributed by atoms with Crippen LogP contribution in [-0.2, 0) is 9.53 Å². The first-order chi connectivity index (χ1) is 8.30. The van der Waals surface area contributed by atoms with Crippen molar-refractivity contribution in [3.8, 4) is 0 Å². The number of carbonyl (C=O) groups excluding carboxylic acids is 1. The van der Waals surface area contributed by atoms with E-state index in [1.165, 1.54) is 0 Å². The summed E-state index contributed by atoms with van der Waals surface area (Å²) in [5.41, 5.74) is 0. The number of hydrogen-bond donors (Lipinski definition) is 0. The van der Waals surface area contributed by atoms with Crippen molar-refractivity contribution < 1.29 is 22.7 Å². The zero-order valence-electron chi connectivity index (χ0n) is 10.4. The third-order valence-electron chi connectivity index (χ3n) is 3.67. The van der Waals surface area contributed by atoms with E-state index in [1.54, 1.807) is 12.2 Å². The van der Waals surface area contributed by atoms with Crippen LogP contribution in [0, 0.1) is 29.6 Å². The number of rotatable bonds is 3. The van der Waals surface area contributed by atoms with Crippen molar-refractivity contribution in [3.05, 3.63) is 12.2 Å². The smallest absolute Gasteiger partial charge is 0.393 e. The van der Waals surface area contributed by atoms with Gasteiger partial charge in [0.15, 0.2) is 0 Å². The van der Waals surface area contributed by atoms with Gasteiger partial charge in [0.1, 0.15) is 0 Å². The summed E-state index contributed by atoms with van der Waals surface area (Å²) >= 11 is 0. The lowest BCUT2D eigenvalue weighted by Crippen LogP contribution is -2.38. The minimum atomic E-state index is -4.33. The SMILES string of the molecule is CC(C)COC(=O)C1C2C=CC(C2)C1C(F)(F)F. The highest BCUT2D eigenvalue weighted by Gasteiger charge is 2.59. The third-order valence-corrected chi connectivity index (χ3v) is 3.67. The van der Waals surface area contributed by atoms with Gasteiger partial charge in [0.2, 0.25) is 0 Å². The zero-order valence-corrected chi connectivity index (χ0v) is 10.4. The Kier molecular flexibility index (Phi) is 3.43. The summed E-state index contributed by atoms with van der Waals surface area (Å²) in [6, 6.07) is 0. The van der Waals surface area contributed by atoms with Crippen LogP contribution in [0.15, 0.2) is 12.2 Å². The van der Waals surface area contributed by atoms with Crippen molar-refractivity contribution in [3.63, 3.8) is 0 Å². The molecular formula is C13H17F3O2. The fraction of sp³-hybridized carbons (Fsp3) is 0.769. The van der Waals surface area contributed by atoms with Gasteiger partial charge < -0.3 is 4.74 Å². The molecule has 1 fully saturated rings. The Labute approximate surface area is 104 Å². The number of allylic oxidation sites excluding steroid dienone is 2. The maximum Gasteiger partial charge on any atom is 0.393 e. The number of carbonyl (C=O) groups is 1. The fourth-order valence-electron chi connectivity index (χ4n) is 2.93. The molecule has 2 rings (SSSR count). The first-order valence-electron chi connectivity index (χ1n) is 6.22. The van der Waals surface area contributed by atoms with Crippen LogP contribution in [0.4, 0.5) is 13.2 Å². The van der Waals surface area contributed by atoms with Crippen LogP contribution in [0.25, 0.3) is 0 Å². The van der Waals surface area contributed by atoms with E-state index in [1.807, 2.05) is 13.8 Å². The maximum absolute atomic E-state index is 13.0. The molecule has 2 nitrogen and oxygen atoms in total. The summed E-state index contributed by atoms with van der Waals surface area (Å²) < 4.78 is 44.0. The van der Waals surface area contributed by atoms with Crippen molar-refractivity contribution in [2.24, 2.45) is 29.6 Å². The van der Waals surface area contributed by atoms with E-state index >= 15 is 0 Å². The van der Waals surface area contributed by atoms with Crippen LogP contribution in [-0.4, -0.2) is 18.8 Å². The average Bonchev–Trinajstić information content (AvgIpc) is 2.83. The van der Waals surface area contributed by atoms with Gasteiger partial charge in [-0.15, -0.1) is 0 Å². The summed E-state index contributed by atoms with van der Waals surface area (Å²) in [6.07, 6.45) is -0.583. The molecule has 0 spiro atoms. The summed E-state index contributed by atoms with van der Waals surface area (Å²) in [5.74, 6) is -4.02. The third kappa shape index (κ3) is 2.40. The zero-order chi connectivity index (χ0) is 13.5. The second-order valence-corrected chi connectivity index (χ2v) is 5.57. The van der Waals surface area contributed by atoms with Gasteiger partial charge in [-0.05, 0) is 24.2 Å². The largest absolute Gasteiger partial charge is 0.465 e. The highest BCUT2D eigenvalue weighted by atomic mass is 19.4. The van der Waals surface area contributed by atoms with Gasteiger partial charge in [-0.1, -0.05) is 26.0 Å². The summed E-state index contributed by atoms with van der Waals surface area (Å²) in [5, 5.41) is 0. The van der Waals surface area contributed by atoms with Gasteiger partial charge in [-0.2, -0.15) is 13.2 Å². The van der Waals surface area contributed by atoms with Gasteiger partial charge in [0.25, 0.3) is 0 Å². The summed E-state index contributed by atoms with van der Waals surface area (Å²) in [4.78, 5) is 11.8. The van der Waals surface area contributed by atoms with Gasteiger partial charge in [-0.25, -0.2) is 0 Å². The molecular weight excluding hydrogens is 245 g/mol. The molecule has 5 heteroatoms. The average molecular weight is 262 g/mol. The predicted molar refractivity (Wildman–Crippen MR) is 59.6 cm³/mol. The quantitative estimate of drug-likeness (QED) is 0.576. The van der Waals surface area contributed by atoms with Gasteiger partial charge >= 0.3 is 12.1 Å². The number of esters is 1. The van der Waals surface area contributed by atoms with Gasteiger partial charge in [0.05, 0.1) is 18.4 Å². The molecule has 2 aliphatic rings. The molecule has 0 saturated heterocycles. The Morgan fingerprint density at radius 3 is 2.50 bits per heavy atom. The molecule has 2 aliphatic carbocycles. The van der Waals surface area contributed by atoms with E-state index in [9.17, 15) is 18.0 Å². The number of fused-ring (bicyclic) bond motifs is 2. The molecule has 0 heterocycles. The highest BCUT2D eigenvalue weighted by Crippen LogP contribution is 2.54. The first kappa shape index (κ1) is 13.4. The lowest BCUT2D eigenvalue weighted by Gasteiger charge is -2.28. The van der Waals surface area contributed by atoms with Crippen LogP contribution >= 0.6 is 0 Å². The Hall–Kier alpha value is -1.00. The summed E-state index contributed by atoms with van der Waals surface area (Å²) in [7, 11) is 0. The minimum absolute atomic E-state index is 0.132. The molecule has 0 aliphatic heterocycles. The van der Waals surface area contributed by atoms with E-state index in [2.05, 4.69) is 0 Å². The maximum atomic E-state index is 13.0. The minimum Gasteiger partial charge on any atom is -0.465 e. The second-order valence-electron chi connectivity index (χ2n) is 5.57. The van der Waals surface area contributed by atoms with Crippen molar-refractivity contribution >= 4 is 5.97 Å². The van der Waals surface area contributed by atoms with E-state index in [0.29, 0.717) is 6.42 Å². The lowest BCUT2D eigenvalue weighted by molar-refractivity contribution is -0.201. The van der Waals surface area contributed by atoms with Crippen LogP contribution < -0.4 is 0 Å². The number of alkyl halides is 3. The first-order valence-corrected chi connectivity index (χ1v) is 6.22. The molecule has 0 aromatic heterocycles. The Bertz CT molecular complexity index is 360. The molecule has 0 N–H and O–H groups in total. The van der Waals surface area contributed by atoms with E-state index in [-0.39, 0.29) is 18.4 Å². The number of halogens is 3. The number of hydrogen-bond acceptors (Lipinski definition) is 2. The second kappa shape index (κ2) is 4.59. The van der Waals surface area contributed by atoms with Crippen molar-refractivity contribution in [1.29, 1.82) is 0 Å². The molecule has 2 bridgehead atoms. The Balaban J connectivity index is 2.10. The van der Waals surface area contributed by atoms with Crippen LogP contribution in [0.1, 0.15) is 20.3 Å². The fourth-order valence-corrected chi connectivity index (χ4v) is 2.93. The molecule has 18 heavy (non-hydrogen) atoms. The van der Waals surface area contributed by atoms with Crippen molar-refractivity contribution in [2.45, 2.75) is 26.4 Å². The number of ether oxygens (including phenoxy) is 1. The van der Waals surface area contributed by atoms with Gasteiger partial charge in [0, 0.05) is 0 Å². The van der Waals surface area contributed by atoms with Gasteiger partial charge in [-0.3, -0.25) is 4.79 Å². The Morgan fingerprint density at radius 1 is 1.33 bits per heavy atom. The Morgan fingerprint density at radius 2 is 1.94 bits per heavy atom. The molecule has 0 aromatic rings. The van der Waals surface area contributed by atoms with Crippen LogP contribution in [0.2, 0.25) is 0 Å². The molecule has 102 valence electrons. The molecule has 0 radical (unpaired) electrons. The molecule has 0 amide bonds. The van der Waals surface area contributed by atoms with Crippen molar-refractivity contribution in [2.75, 3.05) is 6.61 Å². The highest BCUT2D eigenvalue weighted by molar-refractivity contribution is 5.74. The van der Waals surface area contributed by atoms with Crippen LogP contribution in [0.3, 0.4) is 0 Å². The predicted octanol–water partition coefficient (Wildman–Crippen LogP) is 3.19. The topological polar surface area (TPSA) is 26.3 Å². The normalized spacial score (nSPS) is 34.3. The molecule has 4 unspecified atom stereocenters. The summed E-state index contributed by atoms with van der Waals surface area (Å²) in [6.45, 7) is 3.89. The van der Waals surface area contributed by atoms with E-state index in [4.69, 9.17) is 4.74 Å². The standard InChI is InChI=1S/C13H17F3O2/c1-7(2)6-18-12(17)10-8-3-4-9(5-8)11(10)13(14,15)16/h3-4,7-11H,5-6H2,1-2H3. The van der Waals surface area contributed by atoms with Crippen LogP contribution in [0.5, 0.6) is 0 Å². The van der Waals surface area contributed by atoms with E-state index < -0.39 is 29.9 Å². The van der Waals surface area contributed by atoms with Crippen molar-refractivity contribution in [1.82, 2.24) is 0 Å². The lowest BCUT2D eigenvalue weighted by atomic mass is 9.82. The molecule has 4 atom stereocenters.